The van der Waals surface area contributed by atoms with Gasteiger partial charge in [0.25, 0.3) is 11.4 Å². The van der Waals surface area contributed by atoms with Crippen LogP contribution in [0.15, 0.2) is 91.7 Å². The van der Waals surface area contributed by atoms with Crippen LogP contribution in [-0.4, -0.2) is 16.8 Å². The van der Waals surface area contributed by atoms with Gasteiger partial charge in [-0.3, -0.25) is 0 Å². The minimum atomic E-state index is -4.00. The van der Waals surface area contributed by atoms with Crippen LogP contribution in [0.1, 0.15) is 45.9 Å². The summed E-state index contributed by atoms with van der Waals surface area (Å²) in [6, 6.07) is 20.2. The summed E-state index contributed by atoms with van der Waals surface area (Å²) in [5, 5.41) is 19.4. The summed E-state index contributed by atoms with van der Waals surface area (Å²) in [6.07, 6.45) is 3.05. The third-order valence-electron chi connectivity index (χ3n) is 8.47. The maximum Gasteiger partial charge on any atom is 0.270 e. The number of hydrogen-bond acceptors (Lipinski definition) is 8. The van der Waals surface area contributed by atoms with Crippen LogP contribution in [0.5, 0.6) is 0 Å². The monoisotopic (exact) mass is 686 g/mol. The van der Waals surface area contributed by atoms with E-state index in [4.69, 9.17) is 13.1 Å². The highest BCUT2D eigenvalue weighted by molar-refractivity contribution is 7.97. The number of sulfone groups is 2. The van der Waals surface area contributed by atoms with Crippen LogP contribution in [0.3, 0.4) is 0 Å². The molecule has 3 aliphatic rings. The molecule has 0 radical (unpaired) electrons. The molecule has 47 heavy (non-hydrogen) atoms. The number of allylic oxidation sites excluding steroid dienone is 4. The molecule has 0 amide bonds. The second-order valence-electron chi connectivity index (χ2n) is 11.3. The summed E-state index contributed by atoms with van der Waals surface area (Å²) >= 11 is 2.75. The van der Waals surface area contributed by atoms with E-state index < -0.39 is 25.1 Å². The van der Waals surface area contributed by atoms with Crippen molar-refractivity contribution in [2.24, 2.45) is 0 Å². The zero-order chi connectivity index (χ0) is 33.5. The molecule has 2 aromatic heterocycles. The zero-order valence-corrected chi connectivity index (χ0v) is 27.7. The highest BCUT2D eigenvalue weighted by atomic mass is 32.2. The van der Waals surface area contributed by atoms with Crippen molar-refractivity contribution in [2.45, 2.75) is 29.1 Å². The van der Waals surface area contributed by atoms with E-state index in [2.05, 4.69) is 9.69 Å². The van der Waals surface area contributed by atoms with Crippen LogP contribution in [0.25, 0.3) is 42.7 Å². The van der Waals surface area contributed by atoms with Gasteiger partial charge in [-0.05, 0) is 58.7 Å². The van der Waals surface area contributed by atoms with Gasteiger partial charge in [0.05, 0.1) is 44.9 Å². The van der Waals surface area contributed by atoms with Crippen molar-refractivity contribution in [3.8, 4) is 21.9 Å². The topological polar surface area (TPSA) is 125 Å². The van der Waals surface area contributed by atoms with E-state index in [9.17, 15) is 27.4 Å². The van der Waals surface area contributed by atoms with E-state index in [0.29, 0.717) is 20.9 Å². The molecule has 0 spiro atoms. The van der Waals surface area contributed by atoms with Crippen molar-refractivity contribution in [2.75, 3.05) is 0 Å². The molecule has 0 fully saturated rings. The Morgan fingerprint density at radius 1 is 0.723 bits per heavy atom. The second-order valence-corrected chi connectivity index (χ2v) is 17.3. The predicted octanol–water partition coefficient (Wildman–Crippen LogP) is 8.08. The number of hydrogen-bond donors (Lipinski definition) is 0. The molecule has 4 aromatic rings. The molecule has 0 saturated heterocycles. The fraction of sp³-hybridized carbons (Fsp3) is 0.0857. The van der Waals surface area contributed by atoms with Crippen molar-refractivity contribution < 1.29 is 16.8 Å². The maximum atomic E-state index is 13.7. The smallest absolute Gasteiger partial charge is 0.226 e. The highest BCUT2D eigenvalue weighted by Crippen LogP contribution is 2.57. The largest absolute Gasteiger partial charge is 0.270 e. The second kappa shape index (κ2) is 10.3. The molecule has 12 heteroatoms. The molecule has 2 aliphatic heterocycles. The standard InChI is InChI=1S/C35H18N4O4S4/c1-35(2)23-13-19(15-29-31(25(17-36)38-3)21-9-5-7-11-27(21)46(29,40)41)44-33(23)34-24(35)14-20(45-34)16-30-32(26(18-37)39-4)22-10-6-8-12-28(22)47(30,42)43/h5-16H,1-2H3/b29-15-,30-16-,31-25-,32-26+. The Morgan fingerprint density at radius 2 is 1.11 bits per heavy atom. The molecule has 0 N–H and O–H groups in total. The van der Waals surface area contributed by atoms with E-state index in [1.807, 2.05) is 38.1 Å². The van der Waals surface area contributed by atoms with E-state index >= 15 is 0 Å². The Balaban J connectivity index is 1.38. The Hall–Kier alpha value is -5.34. The van der Waals surface area contributed by atoms with Crippen molar-refractivity contribution in [1.82, 2.24) is 0 Å². The lowest BCUT2D eigenvalue weighted by Crippen LogP contribution is -2.13. The summed E-state index contributed by atoms with van der Waals surface area (Å²) in [7, 11) is -7.99. The van der Waals surface area contributed by atoms with Crippen LogP contribution in [0.2, 0.25) is 0 Å². The Kier molecular flexibility index (Phi) is 6.67. The number of thiophene rings is 2. The van der Waals surface area contributed by atoms with Gasteiger partial charge in [0.2, 0.25) is 19.7 Å². The lowest BCUT2D eigenvalue weighted by Gasteiger charge is -2.19. The Bertz CT molecular complexity index is 2460. The summed E-state index contributed by atoms with van der Waals surface area (Å²) in [6.45, 7) is 19.1. The molecule has 2 aromatic carbocycles. The summed E-state index contributed by atoms with van der Waals surface area (Å²) in [5.41, 5.74) is 1.66. The lowest BCUT2D eigenvalue weighted by atomic mass is 9.84. The van der Waals surface area contributed by atoms with Crippen LogP contribution in [0.4, 0.5) is 0 Å². The van der Waals surface area contributed by atoms with Crippen LogP contribution < -0.4 is 0 Å². The average Bonchev–Trinajstić information content (AvgIpc) is 3.81. The van der Waals surface area contributed by atoms with Gasteiger partial charge in [0.15, 0.2) is 0 Å². The van der Waals surface area contributed by atoms with Gasteiger partial charge in [-0.2, -0.15) is 0 Å². The van der Waals surface area contributed by atoms with Gasteiger partial charge in [-0.1, -0.05) is 50.2 Å². The third kappa shape index (κ3) is 4.17. The average molecular weight is 687 g/mol. The molecule has 8 nitrogen and oxygen atoms in total. The molecule has 0 saturated carbocycles. The first kappa shape index (κ1) is 30.3. The van der Waals surface area contributed by atoms with Crippen molar-refractivity contribution in [3.63, 3.8) is 0 Å². The highest BCUT2D eigenvalue weighted by Gasteiger charge is 2.42. The first-order valence-electron chi connectivity index (χ1n) is 13.9. The zero-order valence-electron chi connectivity index (χ0n) is 24.5. The number of nitrogens with zero attached hydrogens (tertiary/aromatic N) is 4. The fourth-order valence-electron chi connectivity index (χ4n) is 6.28. The lowest BCUT2D eigenvalue weighted by molar-refractivity contribution is 0.603. The van der Waals surface area contributed by atoms with Crippen LogP contribution in [0, 0.1) is 35.8 Å². The third-order valence-corrected chi connectivity index (χ3v) is 14.5. The molecular weight excluding hydrogens is 669 g/mol. The number of fused-ring (bicyclic) bond motifs is 5. The Labute approximate surface area is 279 Å². The molecule has 226 valence electrons. The van der Waals surface area contributed by atoms with E-state index in [0.717, 1.165) is 20.9 Å². The SMILES string of the molecule is [C-]#[N+]/C(C#N)=C1\C(=C\c2cc3c(s2)-c2sc(/C=C4/C(=C(\C#N)[N+]#[C-])c5ccccc5S4(=O)=O)cc2C3(C)C)S(=O)(=O)c2ccccc21. The first-order valence-corrected chi connectivity index (χ1v) is 18.5. The predicted molar refractivity (Wildman–Crippen MR) is 181 cm³/mol. The van der Waals surface area contributed by atoms with Gasteiger partial charge in [-0.25, -0.2) is 37.0 Å². The van der Waals surface area contributed by atoms with Gasteiger partial charge in [-0.15, -0.1) is 22.7 Å². The van der Waals surface area contributed by atoms with Crippen LogP contribution in [-0.2, 0) is 25.1 Å². The number of benzene rings is 2. The molecule has 4 heterocycles. The van der Waals surface area contributed by atoms with E-state index in [-0.39, 0.29) is 42.1 Å². The number of rotatable bonds is 2. The van der Waals surface area contributed by atoms with Crippen molar-refractivity contribution in [1.29, 1.82) is 10.5 Å². The minimum Gasteiger partial charge on any atom is -0.226 e. The maximum absolute atomic E-state index is 13.7. The summed E-state index contributed by atoms with van der Waals surface area (Å²) < 4.78 is 54.6. The molecule has 0 unspecified atom stereocenters. The number of nitriles is 2. The van der Waals surface area contributed by atoms with Crippen molar-refractivity contribution in [3.05, 3.63) is 137 Å². The summed E-state index contributed by atoms with van der Waals surface area (Å²) in [4.78, 5) is 9.62. The van der Waals surface area contributed by atoms with E-state index in [1.54, 1.807) is 36.4 Å². The van der Waals surface area contributed by atoms with Gasteiger partial charge < -0.3 is 0 Å². The Morgan fingerprint density at radius 3 is 1.47 bits per heavy atom. The molecule has 7 rings (SSSR count). The quantitative estimate of drug-likeness (QED) is 0.155. The molecule has 0 bridgehead atoms. The van der Waals surface area contributed by atoms with Gasteiger partial charge in [0.1, 0.15) is 0 Å². The van der Waals surface area contributed by atoms with Gasteiger partial charge >= 0.3 is 0 Å². The van der Waals surface area contributed by atoms with Crippen molar-refractivity contribution >= 4 is 65.6 Å². The van der Waals surface area contributed by atoms with Gasteiger partial charge in [0, 0.05) is 36.1 Å². The molecular formula is C35H18N4O4S4. The fourth-order valence-corrected chi connectivity index (χ4v) is 12.5. The molecule has 0 atom stereocenters. The minimum absolute atomic E-state index is 0.0514. The molecule has 1 aliphatic carbocycles. The normalized spacial score (nSPS) is 21.1. The first-order chi connectivity index (χ1) is 22.4. The summed E-state index contributed by atoms with van der Waals surface area (Å²) in [5.74, 6) is 0. The van der Waals surface area contributed by atoms with E-state index in [1.165, 1.54) is 47.0 Å². The van der Waals surface area contributed by atoms with Crippen LogP contribution >= 0.6 is 22.7 Å².